The summed E-state index contributed by atoms with van der Waals surface area (Å²) in [5.74, 6) is -0.0264. The molecule has 7 heteroatoms. The SMILES string of the molecule is CCOC(=O)COc1ccccc1/C=C1\NC(=S)N(C2CCCCC2)C1=O. The second-order valence-corrected chi connectivity index (χ2v) is 6.97. The van der Waals surface area contributed by atoms with Crippen molar-refractivity contribution in [2.75, 3.05) is 13.2 Å². The van der Waals surface area contributed by atoms with Crippen molar-refractivity contribution < 1.29 is 19.1 Å². The first kappa shape index (κ1) is 19.4. The van der Waals surface area contributed by atoms with Gasteiger partial charge in [-0.15, -0.1) is 0 Å². The summed E-state index contributed by atoms with van der Waals surface area (Å²) in [5.41, 5.74) is 1.13. The number of carbonyl (C=O) groups excluding carboxylic acids is 2. The van der Waals surface area contributed by atoms with E-state index in [9.17, 15) is 9.59 Å². The molecule has 1 heterocycles. The second-order valence-electron chi connectivity index (χ2n) is 6.59. The van der Waals surface area contributed by atoms with E-state index >= 15 is 0 Å². The number of rotatable bonds is 6. The van der Waals surface area contributed by atoms with Gasteiger partial charge in [0.1, 0.15) is 11.4 Å². The van der Waals surface area contributed by atoms with Crippen LogP contribution in [0.25, 0.3) is 6.08 Å². The summed E-state index contributed by atoms with van der Waals surface area (Å²) in [7, 11) is 0. The largest absolute Gasteiger partial charge is 0.481 e. The third-order valence-electron chi connectivity index (χ3n) is 4.72. The molecule has 3 rings (SSSR count). The topological polar surface area (TPSA) is 67.9 Å². The lowest BCUT2D eigenvalue weighted by Gasteiger charge is -2.29. The molecule has 0 spiro atoms. The predicted molar refractivity (Wildman–Crippen MR) is 106 cm³/mol. The molecule has 1 aromatic rings. The van der Waals surface area contributed by atoms with Crippen molar-refractivity contribution in [3.05, 3.63) is 35.5 Å². The van der Waals surface area contributed by atoms with E-state index in [1.165, 1.54) is 6.42 Å². The highest BCUT2D eigenvalue weighted by Crippen LogP contribution is 2.28. The number of nitrogens with zero attached hydrogens (tertiary/aromatic N) is 1. The smallest absolute Gasteiger partial charge is 0.344 e. The minimum absolute atomic E-state index is 0.105. The maximum atomic E-state index is 12.9. The molecule has 1 amide bonds. The highest BCUT2D eigenvalue weighted by atomic mass is 32.1. The maximum absolute atomic E-state index is 12.9. The maximum Gasteiger partial charge on any atom is 0.344 e. The zero-order valence-electron chi connectivity index (χ0n) is 15.4. The van der Waals surface area contributed by atoms with E-state index in [0.717, 1.165) is 25.7 Å². The molecule has 2 fully saturated rings. The van der Waals surface area contributed by atoms with Crippen molar-refractivity contribution in [3.8, 4) is 5.75 Å². The minimum atomic E-state index is -0.431. The molecular formula is C20H24N2O4S. The highest BCUT2D eigenvalue weighted by Gasteiger charge is 2.36. The van der Waals surface area contributed by atoms with Gasteiger partial charge in [0.25, 0.3) is 5.91 Å². The molecule has 0 unspecified atom stereocenters. The molecule has 1 aliphatic carbocycles. The Balaban J connectivity index is 1.75. The number of carbonyl (C=O) groups is 2. The fraction of sp³-hybridized carbons (Fsp3) is 0.450. The van der Waals surface area contributed by atoms with Crippen LogP contribution >= 0.6 is 12.2 Å². The molecule has 0 atom stereocenters. The van der Waals surface area contributed by atoms with E-state index in [2.05, 4.69) is 5.32 Å². The first-order valence-electron chi connectivity index (χ1n) is 9.34. The molecule has 0 bridgehead atoms. The van der Waals surface area contributed by atoms with E-state index in [0.29, 0.717) is 28.7 Å². The Morgan fingerprint density at radius 2 is 2.04 bits per heavy atom. The Hall–Kier alpha value is -2.41. The van der Waals surface area contributed by atoms with Crippen LogP contribution in [0.2, 0.25) is 0 Å². The normalized spacial score (nSPS) is 19.3. The van der Waals surface area contributed by atoms with E-state index in [1.54, 1.807) is 24.0 Å². The lowest BCUT2D eigenvalue weighted by atomic mass is 9.94. The molecule has 144 valence electrons. The van der Waals surface area contributed by atoms with Crippen LogP contribution in [0, 0.1) is 0 Å². The number of nitrogens with one attached hydrogen (secondary N) is 1. The van der Waals surface area contributed by atoms with E-state index in [1.807, 2.05) is 18.2 Å². The van der Waals surface area contributed by atoms with Gasteiger partial charge >= 0.3 is 5.97 Å². The summed E-state index contributed by atoms with van der Waals surface area (Å²) in [6, 6.07) is 7.41. The van der Waals surface area contributed by atoms with Crippen molar-refractivity contribution in [1.82, 2.24) is 10.2 Å². The lowest BCUT2D eigenvalue weighted by Crippen LogP contribution is -2.41. The van der Waals surface area contributed by atoms with Crippen molar-refractivity contribution in [1.29, 1.82) is 0 Å². The van der Waals surface area contributed by atoms with Crippen LogP contribution in [0.3, 0.4) is 0 Å². The van der Waals surface area contributed by atoms with Crippen LogP contribution in [0.15, 0.2) is 30.0 Å². The van der Waals surface area contributed by atoms with Crippen molar-refractivity contribution in [2.45, 2.75) is 45.1 Å². The zero-order valence-corrected chi connectivity index (χ0v) is 16.2. The molecule has 0 aromatic heterocycles. The summed E-state index contributed by atoms with van der Waals surface area (Å²) >= 11 is 5.40. The van der Waals surface area contributed by atoms with Crippen LogP contribution in [0.5, 0.6) is 5.75 Å². The van der Waals surface area contributed by atoms with Crippen molar-refractivity contribution in [3.63, 3.8) is 0 Å². The number of para-hydroxylation sites is 1. The Morgan fingerprint density at radius 3 is 2.78 bits per heavy atom. The van der Waals surface area contributed by atoms with Gasteiger partial charge in [0, 0.05) is 11.6 Å². The van der Waals surface area contributed by atoms with Gasteiger partial charge in [-0.1, -0.05) is 37.5 Å². The molecule has 1 saturated carbocycles. The van der Waals surface area contributed by atoms with Gasteiger partial charge in [-0.3, -0.25) is 9.69 Å². The quantitative estimate of drug-likeness (QED) is 0.459. The number of hydrogen-bond donors (Lipinski definition) is 1. The molecule has 2 aliphatic rings. The summed E-state index contributed by atoms with van der Waals surface area (Å²) in [5, 5.41) is 3.49. The lowest BCUT2D eigenvalue weighted by molar-refractivity contribution is -0.145. The summed E-state index contributed by atoms with van der Waals surface area (Å²) < 4.78 is 10.4. The summed E-state index contributed by atoms with van der Waals surface area (Å²) in [6.45, 7) is 1.87. The van der Waals surface area contributed by atoms with E-state index in [-0.39, 0.29) is 18.6 Å². The fourth-order valence-electron chi connectivity index (χ4n) is 3.45. The fourth-order valence-corrected chi connectivity index (χ4v) is 3.79. The third-order valence-corrected chi connectivity index (χ3v) is 5.02. The van der Waals surface area contributed by atoms with Gasteiger partial charge in [0.05, 0.1) is 6.61 Å². The number of benzene rings is 1. The number of thiocarbonyl (C=S) groups is 1. The zero-order chi connectivity index (χ0) is 19.2. The minimum Gasteiger partial charge on any atom is -0.481 e. The Kier molecular flexibility index (Phi) is 6.45. The van der Waals surface area contributed by atoms with Crippen molar-refractivity contribution >= 4 is 35.3 Å². The average Bonchev–Trinajstić information content (AvgIpc) is 2.95. The van der Waals surface area contributed by atoms with Gasteiger partial charge in [0.2, 0.25) is 0 Å². The van der Waals surface area contributed by atoms with E-state index < -0.39 is 5.97 Å². The molecule has 27 heavy (non-hydrogen) atoms. The van der Waals surface area contributed by atoms with Crippen molar-refractivity contribution in [2.24, 2.45) is 0 Å². The van der Waals surface area contributed by atoms with Crippen LogP contribution in [0.1, 0.15) is 44.6 Å². The van der Waals surface area contributed by atoms with Crippen LogP contribution in [-0.4, -0.2) is 41.1 Å². The van der Waals surface area contributed by atoms with E-state index in [4.69, 9.17) is 21.7 Å². The van der Waals surface area contributed by atoms with Gasteiger partial charge in [0.15, 0.2) is 11.7 Å². The van der Waals surface area contributed by atoms with Crippen LogP contribution in [0.4, 0.5) is 0 Å². The molecule has 1 aliphatic heterocycles. The predicted octanol–water partition coefficient (Wildman–Crippen LogP) is 3.02. The van der Waals surface area contributed by atoms with Gasteiger partial charge in [-0.25, -0.2) is 4.79 Å². The number of hydrogen-bond acceptors (Lipinski definition) is 5. The monoisotopic (exact) mass is 388 g/mol. The Labute approximate surface area is 164 Å². The summed E-state index contributed by atoms with van der Waals surface area (Å²) in [4.78, 5) is 26.1. The Morgan fingerprint density at radius 1 is 1.30 bits per heavy atom. The average molecular weight is 388 g/mol. The molecule has 1 aromatic carbocycles. The molecule has 1 N–H and O–H groups in total. The van der Waals surface area contributed by atoms with Gasteiger partial charge in [-0.2, -0.15) is 0 Å². The van der Waals surface area contributed by atoms with Gasteiger partial charge < -0.3 is 14.8 Å². The first-order valence-corrected chi connectivity index (χ1v) is 9.74. The highest BCUT2D eigenvalue weighted by molar-refractivity contribution is 7.80. The van der Waals surface area contributed by atoms with Crippen LogP contribution < -0.4 is 10.1 Å². The first-order chi connectivity index (χ1) is 13.1. The molecule has 6 nitrogen and oxygen atoms in total. The van der Waals surface area contributed by atoms with Crippen LogP contribution in [-0.2, 0) is 14.3 Å². The standard InChI is InChI=1S/C20H24N2O4S/c1-2-25-18(23)13-26-17-11-7-6-8-14(17)12-16-19(24)22(20(27)21-16)15-9-4-3-5-10-15/h6-8,11-12,15H,2-5,9-10,13H2,1H3,(H,21,27)/b16-12-. The molecule has 0 radical (unpaired) electrons. The molecule has 1 saturated heterocycles. The Bertz CT molecular complexity index is 756. The number of ether oxygens (including phenoxy) is 2. The second kappa shape index (κ2) is 8.99. The number of esters is 1. The third kappa shape index (κ3) is 4.66. The number of amides is 1. The molecular weight excluding hydrogens is 364 g/mol. The van der Waals surface area contributed by atoms with Gasteiger partial charge in [-0.05, 0) is 44.1 Å². The summed E-state index contributed by atoms with van der Waals surface area (Å²) in [6.07, 6.45) is 7.16.